The fourth-order valence-electron chi connectivity index (χ4n) is 4.87. The van der Waals surface area contributed by atoms with E-state index in [1.54, 1.807) is 6.92 Å². The van der Waals surface area contributed by atoms with Crippen molar-refractivity contribution in [3.63, 3.8) is 0 Å². The van der Waals surface area contributed by atoms with Gasteiger partial charge < -0.3 is 14.5 Å². The van der Waals surface area contributed by atoms with Crippen LogP contribution in [-0.2, 0) is 24.2 Å². The molecule has 1 aliphatic carbocycles. The van der Waals surface area contributed by atoms with Crippen molar-refractivity contribution in [3.8, 4) is 0 Å². The Balaban J connectivity index is 1.34. The number of esters is 1. The summed E-state index contributed by atoms with van der Waals surface area (Å²) in [5.74, 6) is 0.274. The van der Waals surface area contributed by atoms with Crippen molar-refractivity contribution < 1.29 is 14.3 Å². The number of aromatic nitrogens is 2. The highest BCUT2D eigenvalue weighted by Crippen LogP contribution is 2.33. The van der Waals surface area contributed by atoms with Crippen LogP contribution in [0.1, 0.15) is 71.1 Å². The summed E-state index contributed by atoms with van der Waals surface area (Å²) in [6.45, 7) is 6.18. The number of fused-ring (bicyclic) bond motifs is 1. The van der Waals surface area contributed by atoms with Crippen LogP contribution in [0.25, 0.3) is 0 Å². The molecule has 1 saturated carbocycles. The number of anilines is 1. The molecule has 7 heteroatoms. The average Bonchev–Trinajstić information content (AvgIpc) is 3.58. The van der Waals surface area contributed by atoms with Gasteiger partial charge in [0.15, 0.2) is 5.69 Å². The van der Waals surface area contributed by atoms with Crippen molar-refractivity contribution in [2.75, 3.05) is 31.1 Å². The lowest BCUT2D eigenvalue weighted by Crippen LogP contribution is -2.37. The van der Waals surface area contributed by atoms with Gasteiger partial charge in [-0.3, -0.25) is 9.48 Å². The number of carbonyl (C=O) groups is 2. The Morgan fingerprint density at radius 1 is 1.06 bits per heavy atom. The first-order chi connectivity index (χ1) is 15.6. The van der Waals surface area contributed by atoms with E-state index in [0.717, 1.165) is 30.9 Å². The zero-order valence-corrected chi connectivity index (χ0v) is 18.9. The van der Waals surface area contributed by atoms with Crippen LogP contribution in [0.2, 0.25) is 0 Å². The van der Waals surface area contributed by atoms with E-state index < -0.39 is 5.97 Å². The largest absolute Gasteiger partial charge is 0.461 e. The first-order valence-corrected chi connectivity index (χ1v) is 12.0. The second-order valence-electron chi connectivity index (χ2n) is 9.19. The number of benzene rings is 1. The highest BCUT2D eigenvalue weighted by molar-refractivity contribution is 5.95. The molecule has 2 aliphatic heterocycles. The molecule has 170 valence electrons. The molecule has 1 aromatic carbocycles. The van der Waals surface area contributed by atoms with Crippen molar-refractivity contribution in [2.24, 2.45) is 5.92 Å². The van der Waals surface area contributed by atoms with E-state index in [4.69, 9.17) is 4.74 Å². The van der Waals surface area contributed by atoms with Gasteiger partial charge in [0, 0.05) is 55.1 Å². The molecule has 1 aromatic heterocycles. The van der Waals surface area contributed by atoms with E-state index in [2.05, 4.69) is 22.1 Å². The van der Waals surface area contributed by atoms with Crippen LogP contribution in [0.3, 0.4) is 0 Å². The number of nitrogens with zero attached hydrogens (tertiary/aromatic N) is 4. The molecular formula is C25H32N4O3. The number of carbonyl (C=O) groups excluding carboxylic acids is 2. The fourth-order valence-corrected chi connectivity index (χ4v) is 4.87. The smallest absolute Gasteiger partial charge is 0.359 e. The van der Waals surface area contributed by atoms with Crippen LogP contribution in [0.5, 0.6) is 0 Å². The Hall–Kier alpha value is -2.83. The third-order valence-electron chi connectivity index (χ3n) is 6.85. The molecule has 32 heavy (non-hydrogen) atoms. The zero-order chi connectivity index (χ0) is 22.1. The van der Waals surface area contributed by atoms with E-state index >= 15 is 0 Å². The van der Waals surface area contributed by atoms with Crippen molar-refractivity contribution >= 4 is 17.6 Å². The minimum Gasteiger partial charge on any atom is -0.461 e. The lowest BCUT2D eigenvalue weighted by Gasteiger charge is -2.30. The molecule has 2 aromatic rings. The Morgan fingerprint density at radius 3 is 2.50 bits per heavy atom. The summed E-state index contributed by atoms with van der Waals surface area (Å²) in [4.78, 5) is 30.1. The first-order valence-electron chi connectivity index (χ1n) is 12.0. The normalized spacial score (nSPS) is 18.4. The molecule has 3 aliphatic rings. The van der Waals surface area contributed by atoms with Gasteiger partial charge in [-0.1, -0.05) is 0 Å². The van der Waals surface area contributed by atoms with Crippen LogP contribution in [-0.4, -0.2) is 52.8 Å². The summed E-state index contributed by atoms with van der Waals surface area (Å²) in [6.07, 6.45) is 6.92. The van der Waals surface area contributed by atoms with Gasteiger partial charge in [-0.15, -0.1) is 0 Å². The molecule has 0 spiro atoms. The molecular weight excluding hydrogens is 404 g/mol. The molecule has 1 amide bonds. The Bertz CT molecular complexity index is 987. The highest BCUT2D eigenvalue weighted by atomic mass is 16.5. The maximum absolute atomic E-state index is 13.3. The van der Waals surface area contributed by atoms with Gasteiger partial charge in [0.2, 0.25) is 0 Å². The van der Waals surface area contributed by atoms with Crippen LogP contribution in [0, 0.1) is 5.92 Å². The number of ether oxygens (including phenoxy) is 1. The summed E-state index contributed by atoms with van der Waals surface area (Å²) in [5.41, 5.74) is 4.20. The molecule has 0 radical (unpaired) electrons. The number of hydrogen-bond acceptors (Lipinski definition) is 5. The van der Waals surface area contributed by atoms with Crippen LogP contribution in [0.15, 0.2) is 24.3 Å². The standard InChI is InChI=1S/C25H32N4O3/c1-2-32-25(31)23-21-17-28(15-12-22(21)29(26-23)16-18-6-7-18)24(30)19-8-10-20(11-9-19)27-13-4-3-5-14-27/h8-11,18H,2-7,12-17H2,1H3. The first kappa shape index (κ1) is 21.0. The van der Waals surface area contributed by atoms with Crippen molar-refractivity contribution in [3.05, 3.63) is 46.8 Å². The third kappa shape index (κ3) is 4.25. The molecule has 0 bridgehead atoms. The van der Waals surface area contributed by atoms with Gasteiger partial charge in [0.05, 0.1) is 13.2 Å². The summed E-state index contributed by atoms with van der Waals surface area (Å²) in [5, 5.41) is 4.62. The zero-order valence-electron chi connectivity index (χ0n) is 18.9. The summed E-state index contributed by atoms with van der Waals surface area (Å²) >= 11 is 0. The van der Waals surface area contributed by atoms with E-state index in [9.17, 15) is 9.59 Å². The maximum Gasteiger partial charge on any atom is 0.359 e. The van der Waals surface area contributed by atoms with Crippen molar-refractivity contribution in [1.29, 1.82) is 0 Å². The van der Waals surface area contributed by atoms with Gasteiger partial charge in [0.1, 0.15) is 0 Å². The van der Waals surface area contributed by atoms with Crippen LogP contribution in [0.4, 0.5) is 5.69 Å². The summed E-state index contributed by atoms with van der Waals surface area (Å²) in [6, 6.07) is 7.99. The molecule has 0 unspecified atom stereocenters. The lowest BCUT2D eigenvalue weighted by molar-refractivity contribution is 0.0513. The SMILES string of the molecule is CCOC(=O)c1nn(CC2CC2)c2c1CN(C(=O)c1ccc(N3CCCCC3)cc1)CC2. The second kappa shape index (κ2) is 8.96. The molecule has 0 N–H and O–H groups in total. The molecule has 2 fully saturated rings. The predicted octanol–water partition coefficient (Wildman–Crippen LogP) is 3.66. The number of piperidine rings is 1. The summed E-state index contributed by atoms with van der Waals surface area (Å²) < 4.78 is 7.25. The Morgan fingerprint density at radius 2 is 1.81 bits per heavy atom. The fraction of sp³-hybridized carbons (Fsp3) is 0.560. The monoisotopic (exact) mass is 436 g/mol. The molecule has 1 saturated heterocycles. The number of rotatable bonds is 6. The number of hydrogen-bond donors (Lipinski definition) is 0. The topological polar surface area (TPSA) is 67.7 Å². The Labute approximate surface area is 189 Å². The molecule has 3 heterocycles. The van der Waals surface area contributed by atoms with E-state index in [-0.39, 0.29) is 5.91 Å². The van der Waals surface area contributed by atoms with Crippen LogP contribution < -0.4 is 4.90 Å². The predicted molar refractivity (Wildman–Crippen MR) is 122 cm³/mol. The average molecular weight is 437 g/mol. The molecule has 5 rings (SSSR count). The van der Waals surface area contributed by atoms with Crippen molar-refractivity contribution in [2.45, 2.75) is 58.5 Å². The summed E-state index contributed by atoms with van der Waals surface area (Å²) in [7, 11) is 0. The second-order valence-corrected chi connectivity index (χ2v) is 9.19. The van der Waals surface area contributed by atoms with Gasteiger partial charge >= 0.3 is 5.97 Å². The van der Waals surface area contributed by atoms with Gasteiger partial charge in [-0.2, -0.15) is 5.10 Å². The highest BCUT2D eigenvalue weighted by Gasteiger charge is 2.33. The minimum atomic E-state index is -0.390. The van der Waals surface area contributed by atoms with E-state index in [0.29, 0.717) is 43.3 Å². The minimum absolute atomic E-state index is 0.00518. The molecule has 7 nitrogen and oxygen atoms in total. The number of amides is 1. The third-order valence-corrected chi connectivity index (χ3v) is 6.85. The Kier molecular flexibility index (Phi) is 5.89. The lowest BCUT2D eigenvalue weighted by atomic mass is 10.0. The van der Waals surface area contributed by atoms with Gasteiger partial charge in [-0.05, 0) is 69.2 Å². The maximum atomic E-state index is 13.3. The van der Waals surface area contributed by atoms with Crippen molar-refractivity contribution in [1.82, 2.24) is 14.7 Å². The van der Waals surface area contributed by atoms with Crippen LogP contribution >= 0.6 is 0 Å². The van der Waals surface area contributed by atoms with Gasteiger partial charge in [0.25, 0.3) is 5.91 Å². The van der Waals surface area contributed by atoms with E-state index in [1.165, 1.54) is 37.8 Å². The van der Waals surface area contributed by atoms with E-state index in [1.807, 2.05) is 21.7 Å². The molecule has 0 atom stereocenters. The quantitative estimate of drug-likeness (QED) is 0.647. The van der Waals surface area contributed by atoms with Gasteiger partial charge in [-0.25, -0.2) is 4.79 Å².